The maximum Gasteiger partial charge on any atom is 0.347 e. The van der Waals surface area contributed by atoms with Crippen LogP contribution in [0.1, 0.15) is 124 Å². The second-order valence-corrected chi connectivity index (χ2v) is 8.25. The first kappa shape index (κ1) is 28.4. The Kier molecular flexibility index (Phi) is 18.4. The minimum atomic E-state index is -1.26. The molecule has 0 bridgehead atoms. The van der Waals surface area contributed by atoms with E-state index in [0.29, 0.717) is 0 Å². The Morgan fingerprint density at radius 1 is 0.633 bits per heavy atom. The number of hydrogen-bond donors (Lipinski definition) is 1. The molecule has 0 saturated heterocycles. The van der Waals surface area contributed by atoms with E-state index in [-0.39, 0.29) is 6.42 Å². The topological polar surface area (TPSA) is 89.9 Å². The molecular weight excluding hydrogens is 384 g/mol. The largest absolute Gasteiger partial charge is 0.479 e. The second-order valence-electron chi connectivity index (χ2n) is 8.25. The number of ether oxygens (including phenoxy) is 2. The van der Waals surface area contributed by atoms with E-state index < -0.39 is 30.1 Å². The average molecular weight is 429 g/mol. The zero-order valence-electron chi connectivity index (χ0n) is 19.5. The van der Waals surface area contributed by atoms with Gasteiger partial charge >= 0.3 is 17.9 Å². The van der Waals surface area contributed by atoms with Gasteiger partial charge in [0, 0.05) is 6.42 Å². The summed E-state index contributed by atoms with van der Waals surface area (Å²) >= 11 is 0. The van der Waals surface area contributed by atoms with Gasteiger partial charge in [-0.05, 0) is 20.3 Å². The molecule has 0 aromatic rings. The number of hydrogen-bond acceptors (Lipinski definition) is 5. The lowest BCUT2D eigenvalue weighted by Gasteiger charge is -2.14. The van der Waals surface area contributed by atoms with Gasteiger partial charge in [0.25, 0.3) is 0 Å². The molecule has 6 heteroatoms. The van der Waals surface area contributed by atoms with Gasteiger partial charge in [0.15, 0.2) is 12.2 Å². The van der Waals surface area contributed by atoms with Gasteiger partial charge in [-0.1, -0.05) is 96.8 Å². The summed E-state index contributed by atoms with van der Waals surface area (Å²) in [4.78, 5) is 34.1. The first-order valence-electron chi connectivity index (χ1n) is 12.0. The summed E-state index contributed by atoms with van der Waals surface area (Å²) in [6.07, 6.45) is 16.8. The number of carbonyl (C=O) groups excluding carboxylic acids is 2. The highest BCUT2D eigenvalue weighted by Gasteiger charge is 2.23. The van der Waals surface area contributed by atoms with Crippen molar-refractivity contribution in [3.63, 3.8) is 0 Å². The maximum atomic E-state index is 11.8. The van der Waals surface area contributed by atoms with Crippen molar-refractivity contribution in [2.45, 2.75) is 136 Å². The molecule has 6 nitrogen and oxygen atoms in total. The first-order valence-corrected chi connectivity index (χ1v) is 12.0. The molecule has 0 rings (SSSR count). The molecule has 1 N–H and O–H groups in total. The fraction of sp³-hybridized carbons (Fsp3) is 0.875. The summed E-state index contributed by atoms with van der Waals surface area (Å²) in [6.45, 7) is 4.90. The van der Waals surface area contributed by atoms with Crippen LogP contribution in [0.4, 0.5) is 0 Å². The van der Waals surface area contributed by atoms with Crippen molar-refractivity contribution in [1.29, 1.82) is 0 Å². The molecule has 0 amide bonds. The Labute approximate surface area is 183 Å². The van der Waals surface area contributed by atoms with E-state index in [2.05, 4.69) is 11.7 Å². The Hall–Kier alpha value is -1.59. The van der Waals surface area contributed by atoms with E-state index in [4.69, 9.17) is 9.84 Å². The lowest BCUT2D eigenvalue weighted by atomic mass is 10.0. The van der Waals surface area contributed by atoms with Crippen molar-refractivity contribution < 1.29 is 29.0 Å². The van der Waals surface area contributed by atoms with Crippen LogP contribution in [-0.2, 0) is 23.9 Å². The number of rotatable bonds is 20. The average Bonchev–Trinajstić information content (AvgIpc) is 2.70. The summed E-state index contributed by atoms with van der Waals surface area (Å²) in [7, 11) is 0. The quantitative estimate of drug-likeness (QED) is 0.183. The van der Waals surface area contributed by atoms with Crippen molar-refractivity contribution in [3.8, 4) is 0 Å². The van der Waals surface area contributed by atoms with Crippen molar-refractivity contribution in [3.05, 3.63) is 0 Å². The van der Waals surface area contributed by atoms with Gasteiger partial charge in [0.05, 0.1) is 0 Å². The van der Waals surface area contributed by atoms with Gasteiger partial charge in [0.1, 0.15) is 0 Å². The predicted octanol–water partition coefficient (Wildman–Crippen LogP) is 6.20. The highest BCUT2D eigenvalue weighted by molar-refractivity contribution is 5.82. The second kappa shape index (κ2) is 19.4. The Morgan fingerprint density at radius 2 is 1.03 bits per heavy atom. The van der Waals surface area contributed by atoms with Crippen LogP contribution in [0, 0.1) is 0 Å². The fourth-order valence-corrected chi connectivity index (χ4v) is 3.27. The molecule has 0 aromatic carbocycles. The SMILES string of the molecule is CCCCCCCCCCCCCCCCCC(=O)O[C@@H](C)C(=O)O[C@@H](C)C(=O)O. The lowest BCUT2D eigenvalue weighted by molar-refractivity contribution is -0.174. The number of esters is 2. The summed E-state index contributed by atoms with van der Waals surface area (Å²) in [5.41, 5.74) is 0. The highest BCUT2D eigenvalue weighted by atomic mass is 16.6. The molecular formula is C24H44O6. The fourth-order valence-electron chi connectivity index (χ4n) is 3.27. The minimum absolute atomic E-state index is 0.268. The summed E-state index contributed by atoms with van der Waals surface area (Å²) in [5, 5.41) is 8.71. The molecule has 0 unspecified atom stereocenters. The van der Waals surface area contributed by atoms with E-state index in [1.807, 2.05) is 0 Å². The summed E-state index contributed by atoms with van der Waals surface area (Å²) < 4.78 is 9.70. The number of unbranched alkanes of at least 4 members (excludes halogenated alkanes) is 14. The number of aliphatic carboxylic acids is 1. The van der Waals surface area contributed by atoms with Gasteiger partial charge in [-0.2, -0.15) is 0 Å². The van der Waals surface area contributed by atoms with E-state index >= 15 is 0 Å². The van der Waals surface area contributed by atoms with Crippen LogP contribution in [0.25, 0.3) is 0 Å². The van der Waals surface area contributed by atoms with Gasteiger partial charge < -0.3 is 14.6 Å². The van der Waals surface area contributed by atoms with E-state index in [0.717, 1.165) is 19.3 Å². The van der Waals surface area contributed by atoms with Gasteiger partial charge in [-0.15, -0.1) is 0 Å². The van der Waals surface area contributed by atoms with E-state index in [1.165, 1.54) is 90.9 Å². The number of carboxylic acid groups (broad SMARTS) is 1. The van der Waals surface area contributed by atoms with Crippen molar-refractivity contribution in [1.82, 2.24) is 0 Å². The van der Waals surface area contributed by atoms with Crippen LogP contribution < -0.4 is 0 Å². The molecule has 0 aliphatic rings. The van der Waals surface area contributed by atoms with Crippen molar-refractivity contribution in [2.75, 3.05) is 0 Å². The predicted molar refractivity (Wildman–Crippen MR) is 118 cm³/mol. The molecule has 2 atom stereocenters. The molecule has 0 heterocycles. The van der Waals surface area contributed by atoms with Gasteiger partial charge in [0.2, 0.25) is 0 Å². The van der Waals surface area contributed by atoms with Crippen LogP contribution in [0.3, 0.4) is 0 Å². The smallest absolute Gasteiger partial charge is 0.347 e. The summed E-state index contributed by atoms with van der Waals surface area (Å²) in [5.74, 6) is -2.52. The third-order valence-electron chi connectivity index (χ3n) is 5.27. The van der Waals surface area contributed by atoms with Crippen LogP contribution in [0.15, 0.2) is 0 Å². The Morgan fingerprint density at radius 3 is 1.43 bits per heavy atom. The molecule has 0 spiro atoms. The summed E-state index contributed by atoms with van der Waals surface area (Å²) in [6, 6.07) is 0. The standard InChI is InChI=1S/C24H44O6/c1-4-5-6-7-8-9-10-11-12-13-14-15-16-17-18-19-22(25)29-21(3)24(28)30-20(2)23(26)27/h20-21H,4-19H2,1-3H3,(H,26,27)/t20-,21-/m0/s1. The minimum Gasteiger partial charge on any atom is -0.479 e. The molecule has 0 aliphatic heterocycles. The Balaban J connectivity index is 3.46. The molecule has 0 aliphatic carbocycles. The molecule has 0 aromatic heterocycles. The molecule has 0 saturated carbocycles. The van der Waals surface area contributed by atoms with Gasteiger partial charge in [-0.3, -0.25) is 4.79 Å². The van der Waals surface area contributed by atoms with Crippen LogP contribution in [-0.4, -0.2) is 35.2 Å². The number of carboxylic acids is 1. The molecule has 30 heavy (non-hydrogen) atoms. The van der Waals surface area contributed by atoms with Crippen LogP contribution >= 0.6 is 0 Å². The van der Waals surface area contributed by atoms with Crippen LogP contribution in [0.5, 0.6) is 0 Å². The molecule has 0 radical (unpaired) electrons. The Bertz CT molecular complexity index is 463. The van der Waals surface area contributed by atoms with Crippen molar-refractivity contribution >= 4 is 17.9 Å². The van der Waals surface area contributed by atoms with E-state index in [1.54, 1.807) is 0 Å². The zero-order chi connectivity index (χ0) is 22.6. The monoisotopic (exact) mass is 428 g/mol. The van der Waals surface area contributed by atoms with Gasteiger partial charge in [-0.25, -0.2) is 9.59 Å². The third-order valence-corrected chi connectivity index (χ3v) is 5.27. The first-order chi connectivity index (χ1) is 14.4. The normalized spacial score (nSPS) is 12.9. The van der Waals surface area contributed by atoms with Crippen LogP contribution in [0.2, 0.25) is 0 Å². The third kappa shape index (κ3) is 17.3. The lowest BCUT2D eigenvalue weighted by Crippen LogP contribution is -2.32. The molecule has 176 valence electrons. The highest BCUT2D eigenvalue weighted by Crippen LogP contribution is 2.14. The maximum absolute atomic E-state index is 11.8. The number of carbonyl (C=O) groups is 3. The zero-order valence-corrected chi connectivity index (χ0v) is 19.5. The molecule has 0 fully saturated rings. The van der Waals surface area contributed by atoms with Crippen molar-refractivity contribution in [2.24, 2.45) is 0 Å². The van der Waals surface area contributed by atoms with E-state index in [9.17, 15) is 14.4 Å².